The first kappa shape index (κ1) is 26.5. The van der Waals surface area contributed by atoms with E-state index in [1.54, 1.807) is 0 Å². The largest absolute Gasteiger partial charge is 0.876 e. The van der Waals surface area contributed by atoms with Crippen LogP contribution in [0, 0.1) is 0 Å². The van der Waals surface area contributed by atoms with E-state index < -0.39 is 34.4 Å². The zero-order valence-electron chi connectivity index (χ0n) is 11.0. The van der Waals surface area contributed by atoms with Crippen LogP contribution in [0.5, 0.6) is 0 Å². The van der Waals surface area contributed by atoms with Gasteiger partial charge in [0.25, 0.3) is 0 Å². The highest BCUT2D eigenvalue weighted by Crippen LogP contribution is 2.20. The third-order valence-corrected chi connectivity index (χ3v) is 1.02. The van der Waals surface area contributed by atoms with E-state index in [9.17, 15) is 58.3 Å². The molecule has 0 saturated heterocycles. The fraction of sp³-hybridized carbons (Fsp3) is 0.429. The Morgan fingerprint density at radius 2 is 1.42 bits per heavy atom. The van der Waals surface area contributed by atoms with Gasteiger partial charge in [0.1, 0.15) is 5.02 Å². The van der Waals surface area contributed by atoms with Gasteiger partial charge in [0.2, 0.25) is 0 Å². The minimum Gasteiger partial charge on any atom is -0.876 e. The van der Waals surface area contributed by atoms with Crippen molar-refractivity contribution in [3.05, 3.63) is 12.3 Å². The van der Waals surface area contributed by atoms with Crippen LogP contribution >= 0.6 is 0 Å². The Labute approximate surface area is 124 Å². The molecule has 17 heteroatoms. The lowest BCUT2D eigenvalue weighted by molar-refractivity contribution is -0.857. The van der Waals surface area contributed by atoms with Gasteiger partial charge in [-0.2, -0.15) is 26.3 Å². The average Bonchev–Trinajstić information content (AvgIpc) is 2.24. The van der Waals surface area contributed by atoms with E-state index in [2.05, 4.69) is 6.58 Å². The Hall–Kier alpha value is -2.36. The Morgan fingerprint density at radius 3 is 1.42 bits per heavy atom. The average molecular weight is 390 g/mol. The molecular formula is C7H6F12N4O. The molecule has 0 bridgehead atoms. The maximum Gasteiger partial charge on any atom is 0.504 e. The van der Waals surface area contributed by atoms with Crippen LogP contribution in [0.15, 0.2) is 17.6 Å². The number of halogens is 12. The smallest absolute Gasteiger partial charge is 0.504 e. The molecule has 0 rings (SSSR count). The van der Waals surface area contributed by atoms with Crippen LogP contribution in [0.25, 0.3) is 0 Å². The predicted molar refractivity (Wildman–Crippen MR) is 51.2 cm³/mol. The molecule has 0 aliphatic heterocycles. The summed E-state index contributed by atoms with van der Waals surface area (Å²) in [5.74, 6) is -5.69. The van der Waals surface area contributed by atoms with E-state index in [0.717, 1.165) is 5.21 Å². The first-order valence-electron chi connectivity index (χ1n) is 4.65. The summed E-state index contributed by atoms with van der Waals surface area (Å²) >= 11 is 0. The Bertz CT molecular complexity index is 432. The molecular weight excluding hydrogens is 384 g/mol. The highest BCUT2D eigenvalue weighted by Gasteiger charge is 2.48. The molecule has 144 valence electrons. The zero-order valence-corrected chi connectivity index (χ0v) is 11.0. The summed E-state index contributed by atoms with van der Waals surface area (Å²) in [6, 6.07) is 0. The van der Waals surface area contributed by atoms with E-state index in [0.29, 0.717) is 0 Å². The number of nitrogens with zero attached hydrogens (tertiary/aromatic N) is 3. The SMILES string of the molecule is C=C(C)[O-].FN=C(N(F)F)C(F)(F)F.FNC(=[N+](F)F)C(F)(F)F. The van der Waals surface area contributed by atoms with E-state index in [1.165, 1.54) is 6.92 Å². The van der Waals surface area contributed by atoms with Crippen molar-refractivity contribution in [2.45, 2.75) is 19.3 Å². The summed E-state index contributed by atoms with van der Waals surface area (Å²) in [4.78, 5) is 0. The molecule has 0 aliphatic rings. The molecule has 0 aliphatic carbocycles. The lowest BCUT2D eigenvalue weighted by atomic mass is 10.6. The maximum absolute atomic E-state index is 11.1. The maximum atomic E-state index is 11.1. The number of allylic oxidation sites excluding steroid dienone is 1. The molecule has 0 amide bonds. The van der Waals surface area contributed by atoms with Gasteiger partial charge in [0, 0.05) is 8.96 Å². The Morgan fingerprint density at radius 1 is 1.08 bits per heavy atom. The molecule has 0 heterocycles. The van der Waals surface area contributed by atoms with Gasteiger partial charge >= 0.3 is 24.0 Å². The number of hydrogen-bond acceptors (Lipinski definition) is 2. The molecule has 0 aromatic carbocycles. The molecule has 0 radical (unpaired) electrons. The minimum atomic E-state index is -5.46. The summed E-state index contributed by atoms with van der Waals surface area (Å²) in [7, 11) is 0. The molecule has 24 heavy (non-hydrogen) atoms. The van der Waals surface area contributed by atoms with Crippen LogP contribution in [0.1, 0.15) is 6.92 Å². The highest BCUT2D eigenvalue weighted by atomic mass is 19.4. The van der Waals surface area contributed by atoms with E-state index in [4.69, 9.17) is 0 Å². The summed E-state index contributed by atoms with van der Waals surface area (Å²) in [6.07, 6.45) is -10.9. The van der Waals surface area contributed by atoms with Crippen LogP contribution < -0.4 is 10.6 Å². The second-order valence-electron chi connectivity index (χ2n) is 3.01. The summed E-state index contributed by atoms with van der Waals surface area (Å²) in [5.41, 5.74) is -0.191. The third kappa shape index (κ3) is 14.6. The third-order valence-electron chi connectivity index (χ3n) is 1.02. The van der Waals surface area contributed by atoms with Gasteiger partial charge in [-0.05, 0) is 9.83 Å². The number of nitrogens with one attached hydrogen (secondary N) is 1. The molecule has 0 saturated carbocycles. The molecule has 0 fully saturated rings. The van der Waals surface area contributed by atoms with Crippen LogP contribution in [0.4, 0.5) is 53.2 Å². The molecule has 0 unspecified atom stereocenters. The number of alkyl halides is 6. The summed E-state index contributed by atoms with van der Waals surface area (Å²) < 4.78 is 132. The summed E-state index contributed by atoms with van der Waals surface area (Å²) in [5, 5.41) is 5.33. The number of rotatable bonds is 0. The molecule has 0 aromatic heterocycles. The molecule has 0 aromatic rings. The van der Waals surface area contributed by atoms with Crippen molar-refractivity contribution in [2.24, 2.45) is 5.21 Å². The molecule has 1 N–H and O–H groups in total. The molecule has 5 nitrogen and oxygen atoms in total. The van der Waals surface area contributed by atoms with Crippen molar-refractivity contribution in [1.82, 2.24) is 10.9 Å². The van der Waals surface area contributed by atoms with Gasteiger partial charge in [0.05, 0.1) is 0 Å². The van der Waals surface area contributed by atoms with Crippen molar-refractivity contribution in [3.63, 3.8) is 0 Å². The van der Waals surface area contributed by atoms with E-state index >= 15 is 0 Å². The van der Waals surface area contributed by atoms with Crippen molar-refractivity contribution in [3.8, 4) is 0 Å². The van der Waals surface area contributed by atoms with Crippen LogP contribution in [0.3, 0.4) is 0 Å². The normalized spacial score (nSPS) is 11.3. The zero-order chi connectivity index (χ0) is 20.3. The van der Waals surface area contributed by atoms with Crippen LogP contribution in [0.2, 0.25) is 0 Å². The fourth-order valence-electron chi connectivity index (χ4n) is 0.354. The highest BCUT2D eigenvalue weighted by molar-refractivity contribution is 5.85. The van der Waals surface area contributed by atoms with Crippen molar-refractivity contribution in [2.75, 3.05) is 0 Å². The number of amidine groups is 2. The summed E-state index contributed by atoms with van der Waals surface area (Å²) in [6.45, 7) is 4.42. The van der Waals surface area contributed by atoms with E-state index in [1.807, 2.05) is 0 Å². The second kappa shape index (κ2) is 11.2. The van der Waals surface area contributed by atoms with Crippen molar-refractivity contribution in [1.29, 1.82) is 0 Å². The lowest BCUT2D eigenvalue weighted by Crippen LogP contribution is -2.36. The number of hydrogen-bond donors (Lipinski definition) is 1. The van der Waals surface area contributed by atoms with Gasteiger partial charge in [-0.3, -0.25) is 0 Å². The first-order valence-corrected chi connectivity index (χ1v) is 4.65. The van der Waals surface area contributed by atoms with Crippen molar-refractivity contribution < 1.29 is 63.4 Å². The quantitative estimate of drug-likeness (QED) is 0.228. The van der Waals surface area contributed by atoms with Crippen molar-refractivity contribution >= 4 is 11.7 Å². The molecule has 0 spiro atoms. The van der Waals surface area contributed by atoms with Gasteiger partial charge < -0.3 is 5.11 Å². The molecule has 0 atom stereocenters. The topological polar surface area (TPSA) is 53.7 Å². The van der Waals surface area contributed by atoms with E-state index in [-0.39, 0.29) is 11.3 Å². The van der Waals surface area contributed by atoms with Gasteiger partial charge in [-0.15, -0.1) is 12.3 Å². The van der Waals surface area contributed by atoms with Crippen LogP contribution in [-0.4, -0.2) is 34.4 Å². The minimum absolute atomic E-state index is 0.0833. The standard InChI is InChI=1S/C3H6O.2C2F6N2/c1-3(2)4;2*3-2(4,5)1(9-6)10(7)8/h4H,1H2,2H3;;. The first-order chi connectivity index (χ1) is 10.5. The van der Waals surface area contributed by atoms with Gasteiger partial charge in [0.15, 0.2) is 0 Å². The Balaban J connectivity index is -0.000000301. The van der Waals surface area contributed by atoms with Gasteiger partial charge in [-0.1, -0.05) is 31.1 Å². The predicted octanol–water partition coefficient (Wildman–Crippen LogP) is 2.99. The fourth-order valence-corrected chi connectivity index (χ4v) is 0.354. The monoisotopic (exact) mass is 390 g/mol. The van der Waals surface area contributed by atoms with Crippen LogP contribution in [-0.2, 0) is 0 Å². The lowest BCUT2D eigenvalue weighted by Gasteiger charge is -2.06. The second-order valence-corrected chi connectivity index (χ2v) is 3.01. The Kier molecular flexibility index (Phi) is 12.4. The van der Waals surface area contributed by atoms with Gasteiger partial charge in [-0.25, -0.2) is 0 Å².